The first-order valence-corrected chi connectivity index (χ1v) is 7.21. The van der Waals surface area contributed by atoms with Crippen molar-refractivity contribution in [3.8, 4) is 0 Å². The number of rotatable bonds is 4. The summed E-state index contributed by atoms with van der Waals surface area (Å²) in [6.07, 6.45) is 1.87. The zero-order chi connectivity index (χ0) is 15.4. The summed E-state index contributed by atoms with van der Waals surface area (Å²) in [5.41, 5.74) is 7.66. The van der Waals surface area contributed by atoms with E-state index in [0.717, 1.165) is 11.3 Å². The van der Waals surface area contributed by atoms with E-state index in [0.29, 0.717) is 22.5 Å². The quantitative estimate of drug-likeness (QED) is 0.422. The van der Waals surface area contributed by atoms with Crippen LogP contribution < -0.4 is 11.1 Å². The Bertz CT molecular complexity index is 656. The molecule has 0 bridgehead atoms. The van der Waals surface area contributed by atoms with Crippen molar-refractivity contribution in [1.29, 1.82) is 0 Å². The van der Waals surface area contributed by atoms with Gasteiger partial charge in [0.15, 0.2) is 5.96 Å². The van der Waals surface area contributed by atoms with Gasteiger partial charge in [0.05, 0.1) is 18.3 Å². The first kappa shape index (κ1) is 19.1. The van der Waals surface area contributed by atoms with Gasteiger partial charge in [-0.1, -0.05) is 29.3 Å². The van der Waals surface area contributed by atoms with Crippen LogP contribution >= 0.6 is 47.2 Å². The van der Waals surface area contributed by atoms with Crippen molar-refractivity contribution in [2.75, 3.05) is 0 Å². The minimum absolute atomic E-state index is 0. The van der Waals surface area contributed by atoms with Crippen molar-refractivity contribution in [2.45, 2.75) is 19.5 Å². The van der Waals surface area contributed by atoms with E-state index in [1.807, 2.05) is 32.3 Å². The molecule has 1 heterocycles. The van der Waals surface area contributed by atoms with Crippen molar-refractivity contribution < 1.29 is 0 Å². The number of aryl methyl sites for hydroxylation is 1. The minimum Gasteiger partial charge on any atom is -0.370 e. The van der Waals surface area contributed by atoms with Crippen LogP contribution in [0.1, 0.15) is 24.2 Å². The molecule has 0 saturated heterocycles. The molecule has 0 radical (unpaired) electrons. The fourth-order valence-electron chi connectivity index (χ4n) is 1.91. The van der Waals surface area contributed by atoms with Crippen molar-refractivity contribution in [1.82, 2.24) is 15.1 Å². The van der Waals surface area contributed by atoms with Crippen LogP contribution in [0.15, 0.2) is 35.5 Å². The molecule has 0 aliphatic heterocycles. The summed E-state index contributed by atoms with van der Waals surface area (Å²) < 4.78 is 1.73. The molecule has 5 nitrogen and oxygen atoms in total. The van der Waals surface area contributed by atoms with Crippen LogP contribution in [0.3, 0.4) is 0 Å². The van der Waals surface area contributed by atoms with Crippen LogP contribution in [0.5, 0.6) is 0 Å². The van der Waals surface area contributed by atoms with E-state index >= 15 is 0 Å². The van der Waals surface area contributed by atoms with E-state index in [1.165, 1.54) is 0 Å². The molecule has 1 unspecified atom stereocenters. The standard InChI is InChI=1S/C14H17Cl2N5.HI/c1-9(12-4-3-10(15)7-13(12)16)19-14(17)18-8-11-5-6-21(2)20-11;/h3-7,9H,8H2,1-2H3,(H3,17,18,19);1H. The van der Waals surface area contributed by atoms with Gasteiger partial charge in [0.1, 0.15) is 0 Å². The van der Waals surface area contributed by atoms with E-state index in [1.54, 1.807) is 16.8 Å². The van der Waals surface area contributed by atoms with Gasteiger partial charge in [0, 0.05) is 23.3 Å². The second-order valence-electron chi connectivity index (χ2n) is 4.71. The third-order valence-electron chi connectivity index (χ3n) is 2.97. The lowest BCUT2D eigenvalue weighted by Crippen LogP contribution is -2.34. The maximum Gasteiger partial charge on any atom is 0.189 e. The number of aliphatic imine (C=N–C) groups is 1. The van der Waals surface area contributed by atoms with Gasteiger partial charge in [-0.15, -0.1) is 24.0 Å². The Morgan fingerprint density at radius 3 is 2.73 bits per heavy atom. The highest BCUT2D eigenvalue weighted by molar-refractivity contribution is 14.0. The van der Waals surface area contributed by atoms with Gasteiger partial charge in [-0.2, -0.15) is 5.10 Å². The Labute approximate surface area is 156 Å². The number of guanidine groups is 1. The van der Waals surface area contributed by atoms with Crippen LogP contribution in [0.25, 0.3) is 0 Å². The van der Waals surface area contributed by atoms with E-state index in [2.05, 4.69) is 15.4 Å². The lowest BCUT2D eigenvalue weighted by atomic mass is 10.1. The minimum atomic E-state index is -0.0674. The molecule has 0 fully saturated rings. The molecule has 0 amide bonds. The fourth-order valence-corrected chi connectivity index (χ4v) is 2.48. The van der Waals surface area contributed by atoms with Crippen molar-refractivity contribution in [3.63, 3.8) is 0 Å². The summed E-state index contributed by atoms with van der Waals surface area (Å²) in [6.45, 7) is 2.39. The van der Waals surface area contributed by atoms with E-state index in [4.69, 9.17) is 28.9 Å². The van der Waals surface area contributed by atoms with Gasteiger partial charge in [0.2, 0.25) is 0 Å². The number of halogens is 3. The number of benzene rings is 1. The lowest BCUT2D eigenvalue weighted by molar-refractivity contribution is 0.704. The Hall–Kier alpha value is -0.990. The molecule has 1 aromatic carbocycles. The topological polar surface area (TPSA) is 68.2 Å². The van der Waals surface area contributed by atoms with Crippen LogP contribution in [-0.2, 0) is 13.6 Å². The summed E-state index contributed by atoms with van der Waals surface area (Å²) in [5.74, 6) is 0.346. The molecule has 0 spiro atoms. The summed E-state index contributed by atoms with van der Waals surface area (Å²) >= 11 is 12.1. The van der Waals surface area contributed by atoms with E-state index < -0.39 is 0 Å². The number of aromatic nitrogens is 2. The predicted octanol–water partition coefficient (Wildman–Crippen LogP) is 3.51. The third kappa shape index (κ3) is 5.33. The molecule has 2 rings (SSSR count). The zero-order valence-electron chi connectivity index (χ0n) is 12.3. The Morgan fingerprint density at radius 1 is 1.41 bits per heavy atom. The Morgan fingerprint density at radius 2 is 2.14 bits per heavy atom. The van der Waals surface area contributed by atoms with E-state index in [9.17, 15) is 0 Å². The molecular weight excluding hydrogens is 436 g/mol. The number of hydrogen-bond donors (Lipinski definition) is 2. The third-order valence-corrected chi connectivity index (χ3v) is 3.54. The van der Waals surface area contributed by atoms with Crippen molar-refractivity contribution >= 4 is 53.1 Å². The first-order valence-electron chi connectivity index (χ1n) is 6.45. The van der Waals surface area contributed by atoms with Gasteiger partial charge >= 0.3 is 0 Å². The molecule has 0 aliphatic rings. The molecule has 0 aliphatic carbocycles. The summed E-state index contributed by atoms with van der Waals surface area (Å²) in [4.78, 5) is 4.26. The number of nitrogens with zero attached hydrogens (tertiary/aromatic N) is 3. The first-order chi connectivity index (χ1) is 9.95. The highest BCUT2D eigenvalue weighted by Gasteiger charge is 2.10. The predicted molar refractivity (Wildman–Crippen MR) is 102 cm³/mol. The van der Waals surface area contributed by atoms with Crippen molar-refractivity contribution in [2.24, 2.45) is 17.8 Å². The average Bonchev–Trinajstić information content (AvgIpc) is 2.82. The second-order valence-corrected chi connectivity index (χ2v) is 5.56. The highest BCUT2D eigenvalue weighted by Crippen LogP contribution is 2.25. The molecule has 0 saturated carbocycles. The molecule has 120 valence electrons. The number of nitrogens with one attached hydrogen (secondary N) is 1. The van der Waals surface area contributed by atoms with Crippen molar-refractivity contribution in [3.05, 3.63) is 51.8 Å². The monoisotopic (exact) mass is 453 g/mol. The van der Waals surface area contributed by atoms with Crippen LogP contribution in [0, 0.1) is 0 Å². The fraction of sp³-hybridized carbons (Fsp3) is 0.286. The maximum atomic E-state index is 6.17. The zero-order valence-corrected chi connectivity index (χ0v) is 16.1. The van der Waals surface area contributed by atoms with Gasteiger partial charge in [0.25, 0.3) is 0 Å². The SMILES string of the molecule is CC(NC(N)=NCc1ccn(C)n1)c1ccc(Cl)cc1Cl.I. The summed E-state index contributed by atoms with van der Waals surface area (Å²) in [6, 6.07) is 7.20. The molecule has 8 heteroatoms. The van der Waals surface area contributed by atoms with Crippen LogP contribution in [0.4, 0.5) is 0 Å². The second kappa shape index (κ2) is 8.59. The molecule has 1 aromatic heterocycles. The molecule has 22 heavy (non-hydrogen) atoms. The Kier molecular flexibility index (Phi) is 7.44. The summed E-state index contributed by atoms with van der Waals surface area (Å²) in [7, 11) is 1.86. The normalized spacial score (nSPS) is 12.6. The molecule has 1 atom stereocenters. The molecular formula is C14H18Cl2IN5. The smallest absolute Gasteiger partial charge is 0.189 e. The van der Waals surface area contributed by atoms with Gasteiger partial charge in [-0.25, -0.2) is 4.99 Å². The average molecular weight is 454 g/mol. The van der Waals surface area contributed by atoms with Gasteiger partial charge in [-0.05, 0) is 30.7 Å². The van der Waals surface area contributed by atoms with Gasteiger partial charge < -0.3 is 11.1 Å². The van der Waals surface area contributed by atoms with Crippen LogP contribution in [0.2, 0.25) is 10.0 Å². The highest BCUT2D eigenvalue weighted by atomic mass is 127. The summed E-state index contributed by atoms with van der Waals surface area (Å²) in [5, 5.41) is 8.54. The maximum absolute atomic E-state index is 6.17. The van der Waals surface area contributed by atoms with Gasteiger partial charge in [-0.3, -0.25) is 4.68 Å². The largest absolute Gasteiger partial charge is 0.370 e. The van der Waals surface area contributed by atoms with Crippen LogP contribution in [-0.4, -0.2) is 15.7 Å². The number of nitrogens with two attached hydrogens (primary N) is 1. The molecule has 2 aromatic rings. The Balaban J connectivity index is 0.00000242. The van der Waals surface area contributed by atoms with E-state index in [-0.39, 0.29) is 30.0 Å². The lowest BCUT2D eigenvalue weighted by Gasteiger charge is -2.16. The number of hydrogen-bond acceptors (Lipinski definition) is 2. The molecule has 3 N–H and O–H groups in total.